The SMILES string of the molecule is O=C(Cc1csc(NC(=O)c2cccs2)n1)Nc1ccc(-c2cn3cccnc3n2)cc1. The first-order valence-electron chi connectivity index (χ1n) is 9.63. The van der Waals surface area contributed by atoms with Gasteiger partial charge in [0.2, 0.25) is 11.7 Å². The maximum atomic E-state index is 12.4. The number of hydrogen-bond donors (Lipinski definition) is 2. The number of nitrogens with zero attached hydrogens (tertiary/aromatic N) is 4. The van der Waals surface area contributed by atoms with Crippen LogP contribution in [0.3, 0.4) is 0 Å². The Kier molecular flexibility index (Phi) is 5.44. The van der Waals surface area contributed by atoms with Crippen LogP contribution in [0, 0.1) is 0 Å². The number of imidazole rings is 1. The van der Waals surface area contributed by atoms with Crippen LogP contribution in [-0.2, 0) is 11.2 Å². The van der Waals surface area contributed by atoms with Crippen molar-refractivity contribution in [2.75, 3.05) is 10.6 Å². The molecule has 8 nitrogen and oxygen atoms in total. The molecule has 0 unspecified atom stereocenters. The lowest BCUT2D eigenvalue weighted by Crippen LogP contribution is -2.15. The van der Waals surface area contributed by atoms with Crippen LogP contribution in [0.15, 0.2) is 71.8 Å². The second-order valence-corrected chi connectivity index (χ2v) is 8.64. The van der Waals surface area contributed by atoms with Gasteiger partial charge in [0, 0.05) is 35.2 Å². The van der Waals surface area contributed by atoms with E-state index in [2.05, 4.69) is 25.6 Å². The van der Waals surface area contributed by atoms with E-state index in [-0.39, 0.29) is 18.2 Å². The van der Waals surface area contributed by atoms with Crippen molar-refractivity contribution in [2.24, 2.45) is 0 Å². The number of fused-ring (bicyclic) bond motifs is 1. The quantitative estimate of drug-likeness (QED) is 0.392. The molecule has 0 aliphatic carbocycles. The summed E-state index contributed by atoms with van der Waals surface area (Å²) in [4.78, 5) is 38.2. The maximum absolute atomic E-state index is 12.4. The molecule has 5 aromatic rings. The van der Waals surface area contributed by atoms with Crippen LogP contribution in [0.2, 0.25) is 0 Å². The van der Waals surface area contributed by atoms with Gasteiger partial charge >= 0.3 is 0 Å². The minimum Gasteiger partial charge on any atom is -0.326 e. The molecule has 0 saturated heterocycles. The van der Waals surface area contributed by atoms with E-state index in [1.807, 2.05) is 58.6 Å². The molecular weight excluding hydrogens is 444 g/mol. The van der Waals surface area contributed by atoms with Crippen LogP contribution < -0.4 is 10.6 Å². The minimum absolute atomic E-state index is 0.116. The molecule has 5 rings (SSSR count). The van der Waals surface area contributed by atoms with Crippen LogP contribution in [0.1, 0.15) is 15.4 Å². The summed E-state index contributed by atoms with van der Waals surface area (Å²) < 4.78 is 1.86. The van der Waals surface area contributed by atoms with Crippen molar-refractivity contribution >= 4 is 51.1 Å². The molecule has 158 valence electrons. The van der Waals surface area contributed by atoms with E-state index in [1.165, 1.54) is 22.7 Å². The number of thiazole rings is 1. The van der Waals surface area contributed by atoms with Crippen molar-refractivity contribution in [1.82, 2.24) is 19.4 Å². The molecular formula is C22H16N6O2S2. The normalized spacial score (nSPS) is 10.9. The highest BCUT2D eigenvalue weighted by Crippen LogP contribution is 2.22. The average Bonchev–Trinajstić information content (AvgIpc) is 3.55. The number of amides is 2. The average molecular weight is 461 g/mol. The lowest BCUT2D eigenvalue weighted by atomic mass is 10.1. The lowest BCUT2D eigenvalue weighted by molar-refractivity contribution is -0.115. The fourth-order valence-electron chi connectivity index (χ4n) is 3.08. The van der Waals surface area contributed by atoms with Crippen LogP contribution >= 0.6 is 22.7 Å². The number of hydrogen-bond acceptors (Lipinski definition) is 7. The minimum atomic E-state index is -0.202. The van der Waals surface area contributed by atoms with Crippen molar-refractivity contribution in [2.45, 2.75) is 6.42 Å². The van der Waals surface area contributed by atoms with Gasteiger partial charge in [0.15, 0.2) is 5.13 Å². The molecule has 0 atom stereocenters. The molecule has 4 aromatic heterocycles. The molecule has 0 saturated carbocycles. The van der Waals surface area contributed by atoms with E-state index in [9.17, 15) is 9.59 Å². The number of anilines is 2. The maximum Gasteiger partial charge on any atom is 0.267 e. The molecule has 2 amide bonds. The Hall–Kier alpha value is -3.89. The summed E-state index contributed by atoms with van der Waals surface area (Å²) in [6, 6.07) is 12.9. The standard InChI is InChI=1S/C22H16N6O2S2/c29-19(11-16-13-32-22(25-16)27-20(30)18-3-1-10-31-18)24-15-6-4-14(5-7-15)17-12-28-9-2-8-23-21(28)26-17/h1-10,12-13H,11H2,(H,24,29)(H,25,27,30). The molecule has 4 heterocycles. The van der Waals surface area contributed by atoms with Crippen molar-refractivity contribution in [3.63, 3.8) is 0 Å². The fourth-order valence-corrected chi connectivity index (χ4v) is 4.40. The summed E-state index contributed by atoms with van der Waals surface area (Å²) in [5, 5.41) is 9.70. The Balaban J connectivity index is 1.19. The summed E-state index contributed by atoms with van der Waals surface area (Å²) in [5.41, 5.74) is 3.02. The lowest BCUT2D eigenvalue weighted by Gasteiger charge is -2.05. The Morgan fingerprint density at radius 3 is 2.66 bits per heavy atom. The Labute approximate surface area is 190 Å². The van der Waals surface area contributed by atoms with E-state index in [0.29, 0.717) is 27.2 Å². The number of carbonyl (C=O) groups excluding carboxylic acids is 2. The van der Waals surface area contributed by atoms with Gasteiger partial charge < -0.3 is 5.32 Å². The fraction of sp³-hybridized carbons (Fsp3) is 0.0455. The number of benzene rings is 1. The summed E-state index contributed by atoms with van der Waals surface area (Å²) in [6.07, 6.45) is 5.62. The predicted molar refractivity (Wildman–Crippen MR) is 125 cm³/mol. The number of thiophene rings is 1. The van der Waals surface area contributed by atoms with Crippen molar-refractivity contribution in [3.8, 4) is 11.3 Å². The zero-order valence-electron chi connectivity index (χ0n) is 16.6. The van der Waals surface area contributed by atoms with E-state index in [0.717, 1.165) is 11.3 Å². The van der Waals surface area contributed by atoms with Crippen LogP contribution in [0.25, 0.3) is 17.0 Å². The van der Waals surface area contributed by atoms with Crippen LogP contribution in [-0.4, -0.2) is 31.2 Å². The second-order valence-electron chi connectivity index (χ2n) is 6.83. The highest BCUT2D eigenvalue weighted by molar-refractivity contribution is 7.14. The molecule has 0 bridgehead atoms. The van der Waals surface area contributed by atoms with Crippen LogP contribution in [0.4, 0.5) is 10.8 Å². The summed E-state index contributed by atoms with van der Waals surface area (Å²) in [6.45, 7) is 0. The molecule has 1 aromatic carbocycles. The van der Waals surface area contributed by atoms with Crippen molar-refractivity contribution < 1.29 is 9.59 Å². The first-order chi connectivity index (χ1) is 15.6. The van der Waals surface area contributed by atoms with Gasteiger partial charge in [-0.15, -0.1) is 22.7 Å². The Bertz CT molecular complexity index is 1360. The highest BCUT2D eigenvalue weighted by Gasteiger charge is 2.12. The van der Waals surface area contributed by atoms with Gasteiger partial charge in [-0.05, 0) is 29.6 Å². The zero-order valence-corrected chi connectivity index (χ0v) is 18.2. The predicted octanol–water partition coefficient (Wildman–Crippen LogP) is 4.35. The van der Waals surface area contributed by atoms with Gasteiger partial charge in [-0.2, -0.15) is 0 Å². The first-order valence-corrected chi connectivity index (χ1v) is 11.4. The van der Waals surface area contributed by atoms with Crippen LogP contribution in [0.5, 0.6) is 0 Å². The molecule has 2 N–H and O–H groups in total. The third-order valence-corrected chi connectivity index (χ3v) is 6.23. The molecule has 0 aliphatic rings. The van der Waals surface area contributed by atoms with Crippen molar-refractivity contribution in [3.05, 3.63) is 82.4 Å². The molecule has 0 spiro atoms. The van der Waals surface area contributed by atoms with E-state index >= 15 is 0 Å². The topological polar surface area (TPSA) is 101 Å². The Morgan fingerprint density at radius 2 is 1.88 bits per heavy atom. The first kappa shape index (κ1) is 20.0. The molecule has 0 aliphatic heterocycles. The van der Waals surface area contributed by atoms with E-state index < -0.39 is 0 Å². The van der Waals surface area contributed by atoms with Gasteiger partial charge in [0.05, 0.1) is 22.7 Å². The van der Waals surface area contributed by atoms with Gasteiger partial charge in [0.25, 0.3) is 5.91 Å². The number of rotatable bonds is 6. The van der Waals surface area contributed by atoms with Crippen molar-refractivity contribution in [1.29, 1.82) is 0 Å². The Morgan fingerprint density at radius 1 is 1.00 bits per heavy atom. The molecule has 10 heteroatoms. The summed E-state index contributed by atoms with van der Waals surface area (Å²) >= 11 is 2.65. The van der Waals surface area contributed by atoms with Gasteiger partial charge in [-0.25, -0.2) is 15.0 Å². The summed E-state index contributed by atoms with van der Waals surface area (Å²) in [7, 11) is 0. The van der Waals surface area contributed by atoms with Gasteiger partial charge in [0.1, 0.15) is 0 Å². The third kappa shape index (κ3) is 4.41. The van der Waals surface area contributed by atoms with E-state index in [4.69, 9.17) is 0 Å². The van der Waals surface area contributed by atoms with E-state index in [1.54, 1.807) is 17.6 Å². The highest BCUT2D eigenvalue weighted by atomic mass is 32.1. The largest absolute Gasteiger partial charge is 0.326 e. The van der Waals surface area contributed by atoms with Gasteiger partial charge in [-0.1, -0.05) is 18.2 Å². The molecule has 0 fully saturated rings. The number of nitrogens with one attached hydrogen (secondary N) is 2. The zero-order chi connectivity index (χ0) is 21.9. The number of aromatic nitrogens is 4. The van der Waals surface area contributed by atoms with Gasteiger partial charge in [-0.3, -0.25) is 19.3 Å². The number of carbonyl (C=O) groups is 2. The molecule has 0 radical (unpaired) electrons. The molecule has 32 heavy (non-hydrogen) atoms. The monoisotopic (exact) mass is 460 g/mol. The third-order valence-electron chi connectivity index (χ3n) is 4.56. The second kappa shape index (κ2) is 8.69. The smallest absolute Gasteiger partial charge is 0.267 e. The summed E-state index contributed by atoms with van der Waals surface area (Å²) in [5.74, 6) is 0.247.